The molecular formula is C6H12N4O2S. The highest BCUT2D eigenvalue weighted by Crippen LogP contribution is 2.20. The van der Waals surface area contributed by atoms with Crippen molar-refractivity contribution >= 4 is 21.6 Å². The molecule has 0 fully saturated rings. The van der Waals surface area contributed by atoms with Crippen molar-refractivity contribution < 1.29 is 10.2 Å². The first-order valence-electron chi connectivity index (χ1n) is 3.83. The van der Waals surface area contributed by atoms with Crippen molar-refractivity contribution in [1.82, 2.24) is 10.2 Å². The van der Waals surface area contributed by atoms with E-state index in [1.807, 2.05) is 0 Å². The summed E-state index contributed by atoms with van der Waals surface area (Å²) in [6.07, 6.45) is 0. The largest absolute Gasteiger partial charge is 0.395 e. The number of aromatic nitrogens is 2. The number of aliphatic hydroxyl groups is 2. The summed E-state index contributed by atoms with van der Waals surface area (Å²) in [6, 6.07) is 0. The molecule has 0 aromatic carbocycles. The molecular weight excluding hydrogens is 192 g/mol. The van der Waals surface area contributed by atoms with Crippen LogP contribution in [0.25, 0.3) is 0 Å². The van der Waals surface area contributed by atoms with Crippen LogP contribution in [0.15, 0.2) is 0 Å². The molecule has 4 N–H and O–H groups in total. The molecule has 1 aromatic heterocycles. The topological polar surface area (TPSA) is 95.5 Å². The van der Waals surface area contributed by atoms with Gasteiger partial charge in [-0.05, 0) is 0 Å². The molecule has 0 unspecified atom stereocenters. The SMILES string of the molecule is Nc1nnc(N(CCO)CCO)s1. The van der Waals surface area contributed by atoms with Crippen molar-refractivity contribution in [2.45, 2.75) is 0 Å². The van der Waals surface area contributed by atoms with Gasteiger partial charge < -0.3 is 20.8 Å². The van der Waals surface area contributed by atoms with Crippen LogP contribution in [0.1, 0.15) is 0 Å². The first-order valence-corrected chi connectivity index (χ1v) is 4.65. The predicted octanol–water partition coefficient (Wildman–Crippen LogP) is -1.09. The molecule has 0 aliphatic carbocycles. The van der Waals surface area contributed by atoms with Crippen molar-refractivity contribution in [3.8, 4) is 0 Å². The Hall–Kier alpha value is -0.920. The molecule has 74 valence electrons. The first kappa shape index (κ1) is 10.2. The van der Waals surface area contributed by atoms with Crippen LogP contribution in [0, 0.1) is 0 Å². The summed E-state index contributed by atoms with van der Waals surface area (Å²) >= 11 is 1.23. The van der Waals surface area contributed by atoms with Gasteiger partial charge >= 0.3 is 0 Å². The summed E-state index contributed by atoms with van der Waals surface area (Å²) in [5, 5.41) is 25.9. The lowest BCUT2D eigenvalue weighted by Crippen LogP contribution is -2.29. The minimum atomic E-state index is 0.0134. The van der Waals surface area contributed by atoms with Gasteiger partial charge in [0.05, 0.1) is 13.2 Å². The second kappa shape index (κ2) is 4.95. The molecule has 0 atom stereocenters. The third kappa shape index (κ3) is 2.79. The lowest BCUT2D eigenvalue weighted by atomic mass is 10.5. The van der Waals surface area contributed by atoms with Crippen LogP contribution in [0.5, 0.6) is 0 Å². The van der Waals surface area contributed by atoms with E-state index in [1.165, 1.54) is 11.3 Å². The molecule has 7 heteroatoms. The number of anilines is 2. The van der Waals surface area contributed by atoms with Gasteiger partial charge in [-0.1, -0.05) is 11.3 Å². The highest BCUT2D eigenvalue weighted by atomic mass is 32.1. The second-order valence-corrected chi connectivity index (χ2v) is 3.34. The van der Waals surface area contributed by atoms with Crippen LogP contribution in [0.3, 0.4) is 0 Å². The number of nitrogens with two attached hydrogens (primary N) is 1. The fourth-order valence-electron chi connectivity index (χ4n) is 0.899. The smallest absolute Gasteiger partial charge is 0.210 e. The first-order chi connectivity index (χ1) is 6.27. The standard InChI is InChI=1S/C6H12N4O2S/c7-5-8-9-6(13-5)10(1-3-11)2-4-12/h11-12H,1-4H2,(H2,7,8). The van der Waals surface area contributed by atoms with Crippen molar-refractivity contribution in [3.63, 3.8) is 0 Å². The van der Waals surface area contributed by atoms with E-state index >= 15 is 0 Å². The van der Waals surface area contributed by atoms with Crippen LogP contribution in [0.2, 0.25) is 0 Å². The van der Waals surface area contributed by atoms with Gasteiger partial charge in [-0.15, -0.1) is 10.2 Å². The third-order valence-electron chi connectivity index (χ3n) is 1.44. The summed E-state index contributed by atoms with van der Waals surface area (Å²) < 4.78 is 0. The Bertz CT molecular complexity index is 249. The van der Waals surface area contributed by atoms with E-state index in [4.69, 9.17) is 15.9 Å². The van der Waals surface area contributed by atoms with E-state index in [1.54, 1.807) is 4.90 Å². The van der Waals surface area contributed by atoms with Crippen molar-refractivity contribution in [2.75, 3.05) is 36.9 Å². The summed E-state index contributed by atoms with van der Waals surface area (Å²) in [5.74, 6) is 0. The fourth-order valence-corrected chi connectivity index (χ4v) is 1.56. The minimum Gasteiger partial charge on any atom is -0.395 e. The highest BCUT2D eigenvalue weighted by molar-refractivity contribution is 7.18. The molecule has 0 saturated heterocycles. The van der Waals surface area contributed by atoms with Crippen molar-refractivity contribution in [2.24, 2.45) is 0 Å². The normalized spacial score (nSPS) is 10.3. The average Bonchev–Trinajstić information content (AvgIpc) is 2.51. The number of nitrogen functional groups attached to an aromatic ring is 1. The summed E-state index contributed by atoms with van der Waals surface area (Å²) in [6.45, 7) is 0.878. The quantitative estimate of drug-likeness (QED) is 0.564. The molecule has 0 saturated carbocycles. The number of aliphatic hydroxyl groups excluding tert-OH is 2. The molecule has 0 amide bonds. The van der Waals surface area contributed by atoms with Crippen LogP contribution in [-0.4, -0.2) is 46.7 Å². The molecule has 0 radical (unpaired) electrons. The fraction of sp³-hybridized carbons (Fsp3) is 0.667. The van der Waals surface area contributed by atoms with Crippen LogP contribution < -0.4 is 10.6 Å². The van der Waals surface area contributed by atoms with Crippen molar-refractivity contribution in [3.05, 3.63) is 0 Å². The number of hydrogen-bond donors (Lipinski definition) is 3. The maximum absolute atomic E-state index is 8.73. The summed E-state index contributed by atoms with van der Waals surface area (Å²) in [4.78, 5) is 1.73. The molecule has 13 heavy (non-hydrogen) atoms. The Morgan fingerprint density at radius 1 is 1.23 bits per heavy atom. The van der Waals surface area contributed by atoms with Gasteiger partial charge in [-0.25, -0.2) is 0 Å². The highest BCUT2D eigenvalue weighted by Gasteiger charge is 2.09. The minimum absolute atomic E-state index is 0.0134. The van der Waals surface area contributed by atoms with Crippen LogP contribution >= 0.6 is 11.3 Å². The van der Waals surface area contributed by atoms with E-state index in [0.717, 1.165) is 0 Å². The predicted molar refractivity (Wildman–Crippen MR) is 50.7 cm³/mol. The molecule has 0 spiro atoms. The zero-order valence-electron chi connectivity index (χ0n) is 7.05. The second-order valence-electron chi connectivity index (χ2n) is 2.36. The average molecular weight is 204 g/mol. The van der Waals surface area contributed by atoms with Gasteiger partial charge in [0.1, 0.15) is 0 Å². The Balaban J connectivity index is 2.63. The lowest BCUT2D eigenvalue weighted by Gasteiger charge is -2.17. The zero-order chi connectivity index (χ0) is 9.68. The molecule has 0 aliphatic heterocycles. The monoisotopic (exact) mass is 204 g/mol. The van der Waals surface area contributed by atoms with Gasteiger partial charge in [0.15, 0.2) is 0 Å². The lowest BCUT2D eigenvalue weighted by molar-refractivity contribution is 0.281. The maximum Gasteiger partial charge on any atom is 0.210 e. The van der Waals surface area contributed by atoms with Gasteiger partial charge in [0, 0.05) is 13.1 Å². The van der Waals surface area contributed by atoms with E-state index in [2.05, 4.69) is 10.2 Å². The van der Waals surface area contributed by atoms with Gasteiger partial charge in [0.2, 0.25) is 10.3 Å². The molecule has 1 rings (SSSR count). The van der Waals surface area contributed by atoms with Gasteiger partial charge in [0.25, 0.3) is 0 Å². The number of rotatable bonds is 5. The summed E-state index contributed by atoms with van der Waals surface area (Å²) in [7, 11) is 0. The summed E-state index contributed by atoms with van der Waals surface area (Å²) in [5.41, 5.74) is 5.40. The Morgan fingerprint density at radius 3 is 2.23 bits per heavy atom. The molecule has 0 aliphatic rings. The maximum atomic E-state index is 8.73. The third-order valence-corrected chi connectivity index (χ3v) is 2.25. The van der Waals surface area contributed by atoms with Crippen LogP contribution in [0.4, 0.5) is 10.3 Å². The zero-order valence-corrected chi connectivity index (χ0v) is 7.87. The Kier molecular flexibility index (Phi) is 3.87. The number of nitrogens with zero attached hydrogens (tertiary/aromatic N) is 3. The molecule has 1 heterocycles. The van der Waals surface area contributed by atoms with Crippen molar-refractivity contribution in [1.29, 1.82) is 0 Å². The number of hydrogen-bond acceptors (Lipinski definition) is 7. The molecule has 0 bridgehead atoms. The molecule has 6 nitrogen and oxygen atoms in total. The Labute approximate surface area is 79.6 Å². The molecule has 1 aromatic rings. The van der Waals surface area contributed by atoms with E-state index < -0.39 is 0 Å². The Morgan fingerprint density at radius 2 is 1.85 bits per heavy atom. The van der Waals surface area contributed by atoms with Gasteiger partial charge in [-0.3, -0.25) is 0 Å². The van der Waals surface area contributed by atoms with E-state index in [9.17, 15) is 0 Å². The van der Waals surface area contributed by atoms with E-state index in [-0.39, 0.29) is 13.2 Å². The van der Waals surface area contributed by atoms with E-state index in [0.29, 0.717) is 23.4 Å². The van der Waals surface area contributed by atoms with Crippen LogP contribution in [-0.2, 0) is 0 Å². The van der Waals surface area contributed by atoms with Gasteiger partial charge in [-0.2, -0.15) is 0 Å².